The Balaban J connectivity index is 1.15. The zero-order valence-corrected chi connectivity index (χ0v) is 15.3. The third-order valence-corrected chi connectivity index (χ3v) is 5.54. The van der Waals surface area contributed by atoms with Crippen LogP contribution in [0.3, 0.4) is 0 Å². The van der Waals surface area contributed by atoms with Gasteiger partial charge in [-0.1, -0.05) is 23.7 Å². The van der Waals surface area contributed by atoms with Crippen molar-refractivity contribution in [2.24, 2.45) is 0 Å². The minimum Gasteiger partial charge on any atom is -0.447 e. The lowest BCUT2D eigenvalue weighted by atomic mass is 9.91. The molecule has 1 spiro atoms. The van der Waals surface area contributed by atoms with Crippen LogP contribution in [-0.2, 0) is 20.8 Å². The van der Waals surface area contributed by atoms with E-state index < -0.39 is 11.6 Å². The summed E-state index contributed by atoms with van der Waals surface area (Å²) in [5.41, 5.74) is 1.66. The fourth-order valence-electron chi connectivity index (χ4n) is 3.38. The molecule has 26 heavy (non-hydrogen) atoms. The summed E-state index contributed by atoms with van der Waals surface area (Å²) in [4.78, 5) is 24.8. The zero-order chi connectivity index (χ0) is 18.3. The van der Waals surface area contributed by atoms with Gasteiger partial charge in [0.05, 0.1) is 25.8 Å². The number of benzene rings is 1. The summed E-state index contributed by atoms with van der Waals surface area (Å²) in [6.07, 6.45) is 0.615. The number of aryl methyl sites for hydroxylation is 1. The molecule has 0 radical (unpaired) electrons. The Kier molecular flexibility index (Phi) is 4.44. The van der Waals surface area contributed by atoms with Gasteiger partial charge in [0.15, 0.2) is 0 Å². The smallest absolute Gasteiger partial charge is 0.410 e. The molecule has 1 aromatic rings. The Morgan fingerprint density at radius 3 is 2.81 bits per heavy atom. The van der Waals surface area contributed by atoms with Crippen molar-refractivity contribution >= 4 is 23.8 Å². The second-order valence-electron chi connectivity index (χ2n) is 7.33. The van der Waals surface area contributed by atoms with Crippen LogP contribution < -0.4 is 5.32 Å². The molecule has 7 nitrogen and oxygen atoms in total. The maximum absolute atomic E-state index is 12.1. The van der Waals surface area contributed by atoms with Crippen LogP contribution in [0.25, 0.3) is 0 Å². The lowest BCUT2D eigenvalue weighted by Gasteiger charge is -2.46. The van der Waals surface area contributed by atoms with Gasteiger partial charge >= 0.3 is 12.2 Å². The molecular weight excluding hydrogens is 360 g/mol. The van der Waals surface area contributed by atoms with Gasteiger partial charge in [0.1, 0.15) is 18.2 Å². The largest absolute Gasteiger partial charge is 0.447 e. The molecule has 0 aromatic heterocycles. The lowest BCUT2D eigenvalue weighted by Crippen LogP contribution is -2.70. The minimum absolute atomic E-state index is 0.0955. The summed E-state index contributed by atoms with van der Waals surface area (Å²) >= 11 is 6.11. The summed E-state index contributed by atoms with van der Waals surface area (Å²) in [5, 5.41) is 3.48. The van der Waals surface area contributed by atoms with Gasteiger partial charge in [-0.2, -0.15) is 0 Å². The number of likely N-dealkylation sites (tertiary alicyclic amines) is 1. The number of halogens is 1. The fourth-order valence-corrected chi connectivity index (χ4v) is 3.59. The number of nitrogens with one attached hydrogen (secondary N) is 1. The molecule has 3 aliphatic rings. The Bertz CT molecular complexity index is 728. The third kappa shape index (κ3) is 3.46. The van der Waals surface area contributed by atoms with E-state index in [1.165, 1.54) is 0 Å². The van der Waals surface area contributed by atoms with E-state index in [-0.39, 0.29) is 18.3 Å². The van der Waals surface area contributed by atoms with Gasteiger partial charge in [-0.3, -0.25) is 0 Å². The molecule has 2 saturated heterocycles. The molecule has 140 valence electrons. The minimum atomic E-state index is -0.424. The number of alkyl carbamates (subject to hydrolysis) is 1. The maximum Gasteiger partial charge on any atom is 0.410 e. The van der Waals surface area contributed by atoms with Crippen molar-refractivity contribution in [1.82, 2.24) is 10.2 Å². The number of rotatable bonds is 4. The molecular formula is C18H21ClN2O5. The van der Waals surface area contributed by atoms with Gasteiger partial charge in [-0.05, 0) is 24.1 Å². The van der Waals surface area contributed by atoms with Crippen molar-refractivity contribution in [3.8, 4) is 0 Å². The molecule has 8 heteroatoms. The molecule has 2 heterocycles. The fraction of sp³-hybridized carbons (Fsp3) is 0.556. The van der Waals surface area contributed by atoms with Crippen molar-refractivity contribution in [3.63, 3.8) is 0 Å². The Morgan fingerprint density at radius 1 is 1.38 bits per heavy atom. The van der Waals surface area contributed by atoms with Gasteiger partial charge < -0.3 is 24.4 Å². The van der Waals surface area contributed by atoms with Gasteiger partial charge in [0, 0.05) is 17.9 Å². The lowest BCUT2D eigenvalue weighted by molar-refractivity contribution is -0.0928. The Morgan fingerprint density at radius 2 is 2.15 bits per heavy atom. The standard InChI is InChI=1S/C18H21ClN2O5/c1-11-2-3-12(4-15(11)19)7-24-13-5-14(6-13)26-17(23)21-8-18(9-21)10-25-16(22)20-18/h2-4,13-14H,5-10H2,1H3,(H,20,22)/t13-,14+. The SMILES string of the molecule is Cc1ccc(CO[C@H]2C[C@@H](OC(=O)N3CC4(COC(=O)N4)C3)C2)cc1Cl. The highest BCUT2D eigenvalue weighted by Crippen LogP contribution is 2.31. The number of carbonyl (C=O) groups excluding carboxylic acids is 2. The number of hydrogen-bond donors (Lipinski definition) is 1. The molecule has 1 N–H and O–H groups in total. The average Bonchev–Trinajstić information content (AvgIpc) is 2.93. The summed E-state index contributed by atoms with van der Waals surface area (Å²) in [6, 6.07) is 5.89. The molecule has 2 amide bonds. The number of carbonyl (C=O) groups is 2. The number of nitrogens with zero attached hydrogens (tertiary/aromatic N) is 1. The van der Waals surface area contributed by atoms with Crippen LogP contribution in [0.1, 0.15) is 24.0 Å². The van der Waals surface area contributed by atoms with E-state index in [2.05, 4.69) is 5.32 Å². The Labute approximate surface area is 156 Å². The van der Waals surface area contributed by atoms with Crippen molar-refractivity contribution in [2.45, 2.75) is 44.1 Å². The summed E-state index contributed by atoms with van der Waals surface area (Å²) < 4.78 is 16.2. The predicted octanol–water partition coefficient (Wildman–Crippen LogP) is 2.63. The second kappa shape index (κ2) is 6.63. The quantitative estimate of drug-likeness (QED) is 0.868. The van der Waals surface area contributed by atoms with Crippen LogP contribution in [0.5, 0.6) is 0 Å². The summed E-state index contributed by atoms with van der Waals surface area (Å²) in [7, 11) is 0. The number of ether oxygens (including phenoxy) is 3. The van der Waals surface area contributed by atoms with Gasteiger partial charge in [-0.15, -0.1) is 0 Å². The maximum atomic E-state index is 12.1. The Hall–Kier alpha value is -1.99. The number of amides is 2. The van der Waals surface area contributed by atoms with Crippen molar-refractivity contribution in [3.05, 3.63) is 34.3 Å². The van der Waals surface area contributed by atoms with Crippen LogP contribution >= 0.6 is 11.6 Å². The normalized spacial score (nSPS) is 25.9. The van der Waals surface area contributed by atoms with E-state index in [1.807, 2.05) is 25.1 Å². The average molecular weight is 381 g/mol. The first kappa shape index (κ1) is 17.4. The molecule has 3 fully saturated rings. The van der Waals surface area contributed by atoms with E-state index in [0.717, 1.165) is 16.1 Å². The highest BCUT2D eigenvalue weighted by Gasteiger charge is 2.52. The third-order valence-electron chi connectivity index (χ3n) is 5.13. The molecule has 0 bridgehead atoms. The first-order valence-corrected chi connectivity index (χ1v) is 9.07. The molecule has 4 rings (SSSR count). The number of cyclic esters (lactones) is 1. The van der Waals surface area contributed by atoms with E-state index in [0.29, 0.717) is 39.1 Å². The summed E-state index contributed by atoms with van der Waals surface area (Å²) in [6.45, 7) is 3.62. The van der Waals surface area contributed by atoms with Crippen LogP contribution in [0, 0.1) is 6.92 Å². The molecule has 1 aliphatic carbocycles. The zero-order valence-electron chi connectivity index (χ0n) is 14.5. The highest BCUT2D eigenvalue weighted by molar-refractivity contribution is 6.31. The van der Waals surface area contributed by atoms with Crippen molar-refractivity contribution < 1.29 is 23.8 Å². The van der Waals surface area contributed by atoms with E-state index in [4.69, 9.17) is 25.8 Å². The first-order valence-electron chi connectivity index (χ1n) is 8.70. The van der Waals surface area contributed by atoms with Gasteiger partial charge in [-0.25, -0.2) is 9.59 Å². The monoisotopic (exact) mass is 380 g/mol. The molecule has 1 saturated carbocycles. The molecule has 2 aliphatic heterocycles. The van der Waals surface area contributed by atoms with Crippen molar-refractivity contribution in [2.75, 3.05) is 19.7 Å². The van der Waals surface area contributed by atoms with Gasteiger partial charge in [0.2, 0.25) is 0 Å². The topological polar surface area (TPSA) is 77.1 Å². The molecule has 1 aromatic carbocycles. The highest BCUT2D eigenvalue weighted by atomic mass is 35.5. The second-order valence-corrected chi connectivity index (χ2v) is 7.74. The van der Waals surface area contributed by atoms with Crippen LogP contribution in [0.4, 0.5) is 9.59 Å². The van der Waals surface area contributed by atoms with E-state index >= 15 is 0 Å². The van der Waals surface area contributed by atoms with E-state index in [1.54, 1.807) is 4.90 Å². The van der Waals surface area contributed by atoms with Crippen LogP contribution in [0.15, 0.2) is 18.2 Å². The van der Waals surface area contributed by atoms with Gasteiger partial charge in [0.25, 0.3) is 0 Å². The summed E-state index contributed by atoms with van der Waals surface area (Å²) in [5.74, 6) is 0. The van der Waals surface area contributed by atoms with Crippen LogP contribution in [0.2, 0.25) is 5.02 Å². The van der Waals surface area contributed by atoms with E-state index in [9.17, 15) is 9.59 Å². The van der Waals surface area contributed by atoms with Crippen LogP contribution in [-0.4, -0.2) is 54.5 Å². The molecule has 0 unspecified atom stereocenters. The number of hydrogen-bond acceptors (Lipinski definition) is 5. The van der Waals surface area contributed by atoms with Crippen molar-refractivity contribution in [1.29, 1.82) is 0 Å². The first-order chi connectivity index (χ1) is 12.4. The predicted molar refractivity (Wildman–Crippen MR) is 93.1 cm³/mol. The molecule has 0 atom stereocenters.